The minimum absolute atomic E-state index is 0.0830. The Labute approximate surface area is 155 Å². The quantitative estimate of drug-likeness (QED) is 0.549. The summed E-state index contributed by atoms with van der Waals surface area (Å²) < 4.78 is 4.95. The van der Waals surface area contributed by atoms with Gasteiger partial charge in [-0.2, -0.15) is 5.10 Å². The van der Waals surface area contributed by atoms with Crippen LogP contribution >= 0.6 is 0 Å². The number of hydrogen-bond acceptors (Lipinski definition) is 5. The molecule has 0 unspecified atom stereocenters. The van der Waals surface area contributed by atoms with Crippen LogP contribution in [0.1, 0.15) is 28.6 Å². The molecule has 0 saturated heterocycles. The number of carbonyl (C=O) groups is 1. The standard InChI is InChI=1S/C21H18N2O4/c1-13-12-18(24)19(21(26)27-13)14(2)22-23-20(25)17-10-8-16(9-11-17)15-6-4-3-5-7-15/h3-12,24H,1-2H3,(H,23,25)/b22-14+. The topological polar surface area (TPSA) is 91.9 Å². The average molecular weight is 362 g/mol. The SMILES string of the molecule is C/C(=N\NC(=O)c1ccc(-c2ccccc2)cc1)c1c(O)cc(C)oc1=O. The molecule has 1 amide bonds. The molecule has 0 bridgehead atoms. The van der Waals surface area contributed by atoms with Crippen molar-refractivity contribution in [2.75, 3.05) is 0 Å². The van der Waals surface area contributed by atoms with Crippen LogP contribution in [0.5, 0.6) is 5.75 Å². The number of nitrogens with zero attached hydrogens (tertiary/aromatic N) is 1. The molecule has 0 aliphatic rings. The Hall–Kier alpha value is -3.67. The van der Waals surface area contributed by atoms with Crippen LogP contribution in [-0.4, -0.2) is 16.7 Å². The molecule has 2 aromatic carbocycles. The van der Waals surface area contributed by atoms with Crippen LogP contribution < -0.4 is 11.1 Å². The number of nitrogens with one attached hydrogen (secondary N) is 1. The molecule has 27 heavy (non-hydrogen) atoms. The summed E-state index contributed by atoms with van der Waals surface area (Å²) >= 11 is 0. The van der Waals surface area contributed by atoms with Crippen molar-refractivity contribution in [3.05, 3.63) is 88.0 Å². The van der Waals surface area contributed by atoms with E-state index in [-0.39, 0.29) is 22.8 Å². The van der Waals surface area contributed by atoms with E-state index in [1.165, 1.54) is 13.0 Å². The third-order valence-corrected chi connectivity index (χ3v) is 4.00. The van der Waals surface area contributed by atoms with E-state index in [1.54, 1.807) is 19.1 Å². The zero-order valence-corrected chi connectivity index (χ0v) is 14.9. The maximum absolute atomic E-state index is 12.3. The first-order valence-electron chi connectivity index (χ1n) is 8.30. The molecule has 0 spiro atoms. The zero-order valence-electron chi connectivity index (χ0n) is 14.9. The fourth-order valence-electron chi connectivity index (χ4n) is 2.63. The van der Waals surface area contributed by atoms with Gasteiger partial charge in [0.15, 0.2) is 0 Å². The van der Waals surface area contributed by atoms with Gasteiger partial charge in [-0.15, -0.1) is 0 Å². The molecule has 136 valence electrons. The summed E-state index contributed by atoms with van der Waals surface area (Å²) in [5.74, 6) is -0.381. The number of carbonyl (C=O) groups excluding carboxylic acids is 1. The Balaban J connectivity index is 1.76. The Morgan fingerprint density at radius 1 is 1.04 bits per heavy atom. The Morgan fingerprint density at radius 3 is 2.30 bits per heavy atom. The van der Waals surface area contributed by atoms with E-state index in [9.17, 15) is 14.7 Å². The Bertz CT molecular complexity index is 1050. The second-order valence-corrected chi connectivity index (χ2v) is 5.99. The van der Waals surface area contributed by atoms with Crippen molar-refractivity contribution in [1.82, 2.24) is 5.43 Å². The van der Waals surface area contributed by atoms with E-state index in [2.05, 4.69) is 10.5 Å². The van der Waals surface area contributed by atoms with Gasteiger partial charge < -0.3 is 9.52 Å². The molecule has 3 rings (SSSR count). The lowest BCUT2D eigenvalue weighted by molar-refractivity contribution is 0.0955. The van der Waals surface area contributed by atoms with Gasteiger partial charge in [-0.3, -0.25) is 4.79 Å². The summed E-state index contributed by atoms with van der Waals surface area (Å²) in [5.41, 5.74) is 4.21. The summed E-state index contributed by atoms with van der Waals surface area (Å²) in [5, 5.41) is 13.8. The fourth-order valence-corrected chi connectivity index (χ4v) is 2.63. The minimum Gasteiger partial charge on any atom is -0.507 e. The fraction of sp³-hybridized carbons (Fsp3) is 0.0952. The molecular formula is C21H18N2O4. The first-order chi connectivity index (χ1) is 13.0. The van der Waals surface area contributed by atoms with E-state index < -0.39 is 11.5 Å². The molecule has 0 radical (unpaired) electrons. The number of benzene rings is 2. The molecular weight excluding hydrogens is 344 g/mol. The predicted molar refractivity (Wildman–Crippen MR) is 103 cm³/mol. The second kappa shape index (κ2) is 7.70. The summed E-state index contributed by atoms with van der Waals surface area (Å²) in [7, 11) is 0. The van der Waals surface area contributed by atoms with Gasteiger partial charge in [0.1, 0.15) is 17.1 Å². The van der Waals surface area contributed by atoms with Crippen molar-refractivity contribution >= 4 is 11.6 Å². The van der Waals surface area contributed by atoms with Gasteiger partial charge in [0, 0.05) is 11.6 Å². The largest absolute Gasteiger partial charge is 0.507 e. The number of hydrazone groups is 1. The van der Waals surface area contributed by atoms with Gasteiger partial charge in [-0.1, -0.05) is 42.5 Å². The van der Waals surface area contributed by atoms with Gasteiger partial charge in [0.05, 0.1) is 5.71 Å². The van der Waals surface area contributed by atoms with Crippen LogP contribution in [0.2, 0.25) is 0 Å². The molecule has 0 atom stereocenters. The lowest BCUT2D eigenvalue weighted by Gasteiger charge is -2.06. The molecule has 1 heterocycles. The average Bonchev–Trinajstić information content (AvgIpc) is 2.66. The van der Waals surface area contributed by atoms with Gasteiger partial charge in [-0.05, 0) is 37.1 Å². The third-order valence-electron chi connectivity index (χ3n) is 4.00. The highest BCUT2D eigenvalue weighted by molar-refractivity contribution is 6.02. The van der Waals surface area contributed by atoms with Crippen LogP contribution in [0.4, 0.5) is 0 Å². The van der Waals surface area contributed by atoms with Gasteiger partial charge in [0.25, 0.3) is 5.91 Å². The maximum Gasteiger partial charge on any atom is 0.348 e. The summed E-state index contributed by atoms with van der Waals surface area (Å²) in [4.78, 5) is 24.1. The van der Waals surface area contributed by atoms with Crippen molar-refractivity contribution < 1.29 is 14.3 Å². The highest BCUT2D eigenvalue weighted by atomic mass is 16.4. The lowest BCUT2D eigenvalue weighted by Crippen LogP contribution is -2.21. The molecule has 6 heteroatoms. The first kappa shape index (κ1) is 18.1. The van der Waals surface area contributed by atoms with E-state index in [4.69, 9.17) is 4.42 Å². The molecule has 0 saturated carbocycles. The number of aryl methyl sites for hydroxylation is 1. The normalized spacial score (nSPS) is 11.3. The summed E-state index contributed by atoms with van der Waals surface area (Å²) in [6, 6.07) is 18.2. The highest BCUT2D eigenvalue weighted by Crippen LogP contribution is 2.19. The summed E-state index contributed by atoms with van der Waals surface area (Å²) in [6.45, 7) is 3.05. The first-order valence-corrected chi connectivity index (χ1v) is 8.30. The third kappa shape index (κ3) is 4.12. The number of rotatable bonds is 4. The minimum atomic E-state index is -0.713. The van der Waals surface area contributed by atoms with E-state index in [0.29, 0.717) is 5.56 Å². The molecule has 0 aliphatic heterocycles. The number of hydrogen-bond donors (Lipinski definition) is 2. The van der Waals surface area contributed by atoms with Gasteiger partial charge in [0.2, 0.25) is 0 Å². The maximum atomic E-state index is 12.3. The molecule has 2 N–H and O–H groups in total. The van der Waals surface area contributed by atoms with Crippen LogP contribution in [0.15, 0.2) is 75.0 Å². The van der Waals surface area contributed by atoms with Gasteiger partial charge in [-0.25, -0.2) is 10.2 Å². The van der Waals surface area contributed by atoms with E-state index in [0.717, 1.165) is 11.1 Å². The molecule has 0 aliphatic carbocycles. The molecule has 6 nitrogen and oxygen atoms in total. The monoisotopic (exact) mass is 362 g/mol. The van der Waals surface area contributed by atoms with Crippen LogP contribution in [0, 0.1) is 6.92 Å². The molecule has 0 fully saturated rings. The molecule has 1 aromatic heterocycles. The van der Waals surface area contributed by atoms with Gasteiger partial charge >= 0.3 is 5.63 Å². The van der Waals surface area contributed by atoms with Crippen molar-refractivity contribution in [3.63, 3.8) is 0 Å². The number of aromatic hydroxyl groups is 1. The highest BCUT2D eigenvalue weighted by Gasteiger charge is 2.13. The summed E-state index contributed by atoms with van der Waals surface area (Å²) in [6.07, 6.45) is 0. The van der Waals surface area contributed by atoms with Crippen molar-refractivity contribution in [3.8, 4) is 16.9 Å². The van der Waals surface area contributed by atoms with Crippen LogP contribution in [-0.2, 0) is 0 Å². The Morgan fingerprint density at radius 2 is 1.67 bits per heavy atom. The zero-order chi connectivity index (χ0) is 19.4. The smallest absolute Gasteiger partial charge is 0.348 e. The van der Waals surface area contributed by atoms with E-state index in [1.807, 2.05) is 42.5 Å². The lowest BCUT2D eigenvalue weighted by atomic mass is 10.0. The molecule has 3 aromatic rings. The van der Waals surface area contributed by atoms with Crippen molar-refractivity contribution in [1.29, 1.82) is 0 Å². The number of amides is 1. The van der Waals surface area contributed by atoms with Crippen LogP contribution in [0.3, 0.4) is 0 Å². The van der Waals surface area contributed by atoms with Crippen molar-refractivity contribution in [2.24, 2.45) is 5.10 Å². The van der Waals surface area contributed by atoms with Crippen molar-refractivity contribution in [2.45, 2.75) is 13.8 Å². The second-order valence-electron chi connectivity index (χ2n) is 5.99. The van der Waals surface area contributed by atoms with Crippen LogP contribution in [0.25, 0.3) is 11.1 Å². The Kier molecular flexibility index (Phi) is 5.17. The van der Waals surface area contributed by atoms with E-state index >= 15 is 0 Å². The predicted octanol–water partition coefficient (Wildman–Crippen LogP) is 3.47.